The Morgan fingerprint density at radius 3 is 2.62 bits per heavy atom. The van der Waals surface area contributed by atoms with E-state index in [0.29, 0.717) is 25.4 Å². The quantitative estimate of drug-likeness (QED) is 0.657. The average Bonchev–Trinajstić information content (AvgIpc) is 2.75. The molecule has 0 bridgehead atoms. The second-order valence-electron chi connectivity index (χ2n) is 7.40. The molecule has 1 fully saturated rings. The molecule has 29 heavy (non-hydrogen) atoms. The number of amides is 1. The lowest BCUT2D eigenvalue weighted by Gasteiger charge is -2.21. The fourth-order valence-electron chi connectivity index (χ4n) is 3.78. The Morgan fingerprint density at radius 2 is 1.76 bits per heavy atom. The number of hydrogen-bond donors (Lipinski definition) is 1. The summed E-state index contributed by atoms with van der Waals surface area (Å²) in [7, 11) is -0.918. The minimum absolute atomic E-state index is 0.0518. The molecular weight excluding hydrogens is 382 g/mol. The molecule has 1 aliphatic heterocycles. The maximum atomic E-state index is 12.6. The molecule has 1 atom stereocenters. The lowest BCUT2D eigenvalue weighted by atomic mass is 10.0. The molecule has 4 nitrogen and oxygen atoms in total. The Balaban J connectivity index is 1.40. The van der Waals surface area contributed by atoms with E-state index in [4.69, 9.17) is 4.74 Å². The number of rotatable bonds is 6. The lowest BCUT2D eigenvalue weighted by Crippen LogP contribution is -2.25. The number of carbonyl (C=O) groups excluding carboxylic acids is 1. The number of ether oxygens (including phenoxy) is 1. The van der Waals surface area contributed by atoms with Crippen molar-refractivity contribution in [3.05, 3.63) is 77.9 Å². The van der Waals surface area contributed by atoms with Crippen molar-refractivity contribution in [2.24, 2.45) is 0 Å². The van der Waals surface area contributed by atoms with Crippen molar-refractivity contribution in [3.63, 3.8) is 0 Å². The first-order valence-corrected chi connectivity index (χ1v) is 11.4. The van der Waals surface area contributed by atoms with Crippen molar-refractivity contribution in [3.8, 4) is 0 Å². The van der Waals surface area contributed by atoms with E-state index in [9.17, 15) is 9.00 Å². The van der Waals surface area contributed by atoms with E-state index in [-0.39, 0.29) is 11.2 Å². The van der Waals surface area contributed by atoms with Crippen LogP contribution in [0.2, 0.25) is 0 Å². The fourth-order valence-corrected chi connectivity index (χ4v) is 5.25. The van der Waals surface area contributed by atoms with E-state index >= 15 is 0 Å². The largest absolute Gasteiger partial charge is 0.381 e. The smallest absolute Gasteiger partial charge is 0.228 e. The number of fused-ring (bicyclic) bond motifs is 1. The summed E-state index contributed by atoms with van der Waals surface area (Å²) < 4.78 is 18.0. The van der Waals surface area contributed by atoms with Crippen LogP contribution in [0.25, 0.3) is 10.8 Å². The van der Waals surface area contributed by atoms with Gasteiger partial charge in [0.15, 0.2) is 0 Å². The topological polar surface area (TPSA) is 55.4 Å². The van der Waals surface area contributed by atoms with Crippen molar-refractivity contribution >= 4 is 33.2 Å². The molecule has 1 heterocycles. The van der Waals surface area contributed by atoms with Gasteiger partial charge in [0.25, 0.3) is 0 Å². The highest BCUT2D eigenvalue weighted by Crippen LogP contribution is 2.21. The van der Waals surface area contributed by atoms with E-state index in [0.717, 1.165) is 40.4 Å². The third kappa shape index (κ3) is 5.11. The van der Waals surface area contributed by atoms with Gasteiger partial charge in [0, 0.05) is 40.7 Å². The number of nitrogens with one attached hydrogen (secondary N) is 1. The van der Waals surface area contributed by atoms with Crippen LogP contribution in [0.15, 0.2) is 66.7 Å². The molecule has 150 valence electrons. The van der Waals surface area contributed by atoms with Crippen LogP contribution in [0, 0.1) is 0 Å². The predicted molar refractivity (Wildman–Crippen MR) is 118 cm³/mol. The van der Waals surface area contributed by atoms with E-state index < -0.39 is 10.8 Å². The van der Waals surface area contributed by atoms with E-state index in [1.165, 1.54) is 0 Å². The van der Waals surface area contributed by atoms with Gasteiger partial charge >= 0.3 is 0 Å². The minimum Gasteiger partial charge on any atom is -0.381 e. The maximum absolute atomic E-state index is 12.6. The average molecular weight is 408 g/mol. The van der Waals surface area contributed by atoms with Gasteiger partial charge in [-0.3, -0.25) is 9.00 Å². The number of benzene rings is 3. The first-order chi connectivity index (χ1) is 14.2. The predicted octanol–water partition coefficient (Wildman–Crippen LogP) is 4.45. The van der Waals surface area contributed by atoms with Crippen LogP contribution in [0.3, 0.4) is 0 Å². The molecule has 3 aromatic carbocycles. The summed E-state index contributed by atoms with van der Waals surface area (Å²) in [6.07, 6.45) is 2.03. The van der Waals surface area contributed by atoms with Gasteiger partial charge in [-0.05, 0) is 46.9 Å². The van der Waals surface area contributed by atoms with Crippen molar-refractivity contribution < 1.29 is 13.7 Å². The molecule has 3 aromatic rings. The highest BCUT2D eigenvalue weighted by atomic mass is 32.2. The van der Waals surface area contributed by atoms with Crippen LogP contribution >= 0.6 is 0 Å². The Morgan fingerprint density at radius 1 is 1.00 bits per heavy atom. The van der Waals surface area contributed by atoms with Crippen molar-refractivity contribution in [1.29, 1.82) is 0 Å². The Labute approximate surface area is 173 Å². The van der Waals surface area contributed by atoms with Crippen LogP contribution in [0.4, 0.5) is 5.69 Å². The number of anilines is 1. The van der Waals surface area contributed by atoms with Gasteiger partial charge in [0.1, 0.15) is 0 Å². The fraction of sp³-hybridized carbons (Fsp3) is 0.292. The van der Waals surface area contributed by atoms with E-state index in [1.807, 2.05) is 54.6 Å². The molecule has 1 N–H and O–H groups in total. The normalized spacial score (nSPS) is 15.9. The molecule has 0 radical (unpaired) electrons. The summed E-state index contributed by atoms with van der Waals surface area (Å²) in [5, 5.41) is 5.43. The Bertz CT molecular complexity index is 1020. The van der Waals surface area contributed by atoms with Gasteiger partial charge in [-0.25, -0.2) is 0 Å². The number of hydrogen-bond acceptors (Lipinski definition) is 3. The van der Waals surface area contributed by atoms with Gasteiger partial charge in [-0.15, -0.1) is 0 Å². The summed E-state index contributed by atoms with van der Waals surface area (Å²) in [5.74, 6) is 0.460. The minimum atomic E-state index is -0.918. The third-order valence-corrected chi connectivity index (χ3v) is 7.12. The second-order valence-corrected chi connectivity index (χ2v) is 9.12. The molecule has 1 unspecified atom stereocenters. The molecule has 4 rings (SSSR count). The first-order valence-electron chi connectivity index (χ1n) is 9.99. The zero-order chi connectivity index (χ0) is 20.1. The van der Waals surface area contributed by atoms with E-state index in [1.54, 1.807) is 0 Å². The van der Waals surface area contributed by atoms with Crippen LogP contribution in [0.5, 0.6) is 0 Å². The highest BCUT2D eigenvalue weighted by Gasteiger charge is 2.20. The summed E-state index contributed by atoms with van der Waals surface area (Å²) in [5.41, 5.74) is 2.74. The van der Waals surface area contributed by atoms with Crippen molar-refractivity contribution in [1.82, 2.24) is 0 Å². The van der Waals surface area contributed by atoms with Crippen LogP contribution < -0.4 is 5.32 Å². The summed E-state index contributed by atoms with van der Waals surface area (Å²) in [6.45, 7) is 1.39. The highest BCUT2D eigenvalue weighted by molar-refractivity contribution is 7.84. The zero-order valence-corrected chi connectivity index (χ0v) is 17.1. The van der Waals surface area contributed by atoms with Crippen molar-refractivity contribution in [2.75, 3.05) is 18.5 Å². The van der Waals surface area contributed by atoms with Crippen LogP contribution in [-0.2, 0) is 32.5 Å². The molecule has 5 heteroatoms. The summed E-state index contributed by atoms with van der Waals surface area (Å²) in [4.78, 5) is 12.6. The van der Waals surface area contributed by atoms with Crippen molar-refractivity contribution in [2.45, 2.75) is 30.3 Å². The summed E-state index contributed by atoms with van der Waals surface area (Å²) in [6, 6.07) is 21.8. The standard InChI is InChI=1S/C24H25NO3S/c26-24(16-20-8-4-7-19-6-1-2-10-23(19)20)25-21-9-3-5-18(15-21)17-29(27)22-11-13-28-14-12-22/h1-10,15,22H,11-14,16-17H2,(H,25,26). The van der Waals surface area contributed by atoms with Gasteiger partial charge in [-0.1, -0.05) is 54.6 Å². The first kappa shape index (κ1) is 19.8. The third-order valence-electron chi connectivity index (χ3n) is 5.29. The van der Waals surface area contributed by atoms with Gasteiger partial charge in [-0.2, -0.15) is 0 Å². The Kier molecular flexibility index (Phi) is 6.37. The molecule has 0 saturated carbocycles. The Hall–Kier alpha value is -2.50. The lowest BCUT2D eigenvalue weighted by molar-refractivity contribution is -0.115. The SMILES string of the molecule is O=C(Cc1cccc2ccccc12)Nc1cccc(CS(=O)C2CCOCC2)c1. The van der Waals surface area contributed by atoms with Gasteiger partial charge < -0.3 is 10.1 Å². The maximum Gasteiger partial charge on any atom is 0.228 e. The van der Waals surface area contributed by atoms with Crippen LogP contribution in [-0.4, -0.2) is 28.6 Å². The van der Waals surface area contributed by atoms with Crippen LogP contribution in [0.1, 0.15) is 24.0 Å². The molecule has 0 aliphatic carbocycles. The molecule has 1 saturated heterocycles. The molecule has 1 amide bonds. The summed E-state index contributed by atoms with van der Waals surface area (Å²) >= 11 is 0. The van der Waals surface area contributed by atoms with E-state index in [2.05, 4.69) is 17.4 Å². The second kappa shape index (κ2) is 9.33. The monoisotopic (exact) mass is 407 g/mol. The molecule has 0 aromatic heterocycles. The number of carbonyl (C=O) groups is 1. The van der Waals surface area contributed by atoms with Gasteiger partial charge in [0.2, 0.25) is 5.91 Å². The molecular formula is C24H25NO3S. The van der Waals surface area contributed by atoms with Gasteiger partial charge in [0.05, 0.1) is 6.42 Å². The molecule has 0 spiro atoms. The molecule has 1 aliphatic rings. The zero-order valence-electron chi connectivity index (χ0n) is 16.3.